The van der Waals surface area contributed by atoms with E-state index < -0.39 is 0 Å². The Morgan fingerprint density at radius 3 is 3.33 bits per heavy atom. The number of pyridine rings is 1. The van der Waals surface area contributed by atoms with Gasteiger partial charge in [0.2, 0.25) is 0 Å². The molecule has 0 aromatic carbocycles. The largest absolute Gasteiger partial charge is 0.316 e. The van der Waals surface area contributed by atoms with E-state index >= 15 is 0 Å². The van der Waals surface area contributed by atoms with Crippen molar-refractivity contribution >= 4 is 0 Å². The molecular formula is C13H18N2. The molecule has 0 saturated heterocycles. The van der Waals surface area contributed by atoms with Crippen molar-refractivity contribution in [2.75, 3.05) is 7.05 Å². The summed E-state index contributed by atoms with van der Waals surface area (Å²) in [4.78, 5) is 4.52. The maximum atomic E-state index is 4.52. The minimum absolute atomic E-state index is 0.485. The van der Waals surface area contributed by atoms with Gasteiger partial charge in [-0.1, -0.05) is 12.1 Å². The van der Waals surface area contributed by atoms with Gasteiger partial charge >= 0.3 is 0 Å². The molecule has 2 unspecified atom stereocenters. The van der Waals surface area contributed by atoms with Gasteiger partial charge in [-0.05, 0) is 37.9 Å². The third kappa shape index (κ3) is 1.95. The van der Waals surface area contributed by atoms with Crippen LogP contribution in [0, 0.1) is 0 Å². The smallest absolute Gasteiger partial charge is 0.0482 e. The van der Waals surface area contributed by atoms with Crippen LogP contribution in [0.25, 0.3) is 0 Å². The molecule has 0 fully saturated rings. The van der Waals surface area contributed by atoms with Gasteiger partial charge in [0.1, 0.15) is 0 Å². The summed E-state index contributed by atoms with van der Waals surface area (Å²) in [6.07, 6.45) is 7.28. The van der Waals surface area contributed by atoms with Crippen molar-refractivity contribution in [3.05, 3.63) is 42.2 Å². The quantitative estimate of drug-likeness (QED) is 0.758. The van der Waals surface area contributed by atoms with E-state index in [1.165, 1.54) is 24.1 Å². The van der Waals surface area contributed by atoms with Gasteiger partial charge in [-0.2, -0.15) is 0 Å². The molecule has 2 atom stereocenters. The molecule has 1 aliphatic rings. The Hall–Kier alpha value is -1.15. The second-order valence-corrected chi connectivity index (χ2v) is 4.11. The molecule has 0 radical (unpaired) electrons. The van der Waals surface area contributed by atoms with Crippen LogP contribution in [0.15, 0.2) is 31.0 Å². The third-order valence-corrected chi connectivity index (χ3v) is 3.28. The van der Waals surface area contributed by atoms with Gasteiger partial charge in [-0.15, -0.1) is 6.58 Å². The first-order valence-corrected chi connectivity index (χ1v) is 5.58. The summed E-state index contributed by atoms with van der Waals surface area (Å²) >= 11 is 0. The number of likely N-dealkylation sites (N-methyl/N-ethyl adjacent to an activating group) is 1. The number of aromatic nitrogens is 1. The summed E-state index contributed by atoms with van der Waals surface area (Å²) in [6.45, 7) is 3.82. The summed E-state index contributed by atoms with van der Waals surface area (Å²) in [7, 11) is 2.02. The van der Waals surface area contributed by atoms with Crippen LogP contribution in [-0.4, -0.2) is 18.1 Å². The lowest BCUT2D eigenvalue weighted by Gasteiger charge is -2.21. The fraction of sp³-hybridized carbons (Fsp3) is 0.462. The second kappa shape index (κ2) is 4.58. The maximum Gasteiger partial charge on any atom is 0.0482 e. The lowest BCUT2D eigenvalue weighted by Crippen LogP contribution is -2.30. The van der Waals surface area contributed by atoms with Gasteiger partial charge in [-0.25, -0.2) is 0 Å². The Kier molecular flexibility index (Phi) is 3.17. The molecule has 1 heterocycles. The second-order valence-electron chi connectivity index (χ2n) is 4.11. The molecule has 1 aliphatic carbocycles. The highest BCUT2D eigenvalue weighted by Gasteiger charge is 2.29. The van der Waals surface area contributed by atoms with E-state index in [1.807, 2.05) is 25.4 Å². The van der Waals surface area contributed by atoms with Crippen molar-refractivity contribution in [3.63, 3.8) is 0 Å². The monoisotopic (exact) mass is 202 g/mol. The summed E-state index contributed by atoms with van der Waals surface area (Å²) in [5, 5.41) is 3.37. The number of hydrogen-bond acceptors (Lipinski definition) is 2. The first kappa shape index (κ1) is 10.4. The van der Waals surface area contributed by atoms with Gasteiger partial charge in [-0.3, -0.25) is 4.98 Å². The zero-order chi connectivity index (χ0) is 10.7. The van der Waals surface area contributed by atoms with Gasteiger partial charge in [0.25, 0.3) is 0 Å². The molecule has 1 N–H and O–H groups in total. The number of fused-ring (bicyclic) bond motifs is 1. The number of nitrogens with zero attached hydrogens (tertiary/aromatic N) is 1. The molecule has 0 aliphatic heterocycles. The van der Waals surface area contributed by atoms with Crippen LogP contribution in [0.4, 0.5) is 0 Å². The van der Waals surface area contributed by atoms with E-state index in [1.54, 1.807) is 0 Å². The summed E-state index contributed by atoms with van der Waals surface area (Å²) in [5.74, 6) is 0.559. The van der Waals surface area contributed by atoms with Crippen molar-refractivity contribution < 1.29 is 0 Å². The zero-order valence-corrected chi connectivity index (χ0v) is 9.24. The van der Waals surface area contributed by atoms with Crippen molar-refractivity contribution in [1.29, 1.82) is 0 Å². The molecule has 0 spiro atoms. The summed E-state index contributed by atoms with van der Waals surface area (Å²) in [6, 6.07) is 4.71. The molecule has 0 amide bonds. The van der Waals surface area contributed by atoms with Crippen LogP contribution >= 0.6 is 0 Å². The Balaban J connectivity index is 2.21. The van der Waals surface area contributed by atoms with Gasteiger partial charge in [0.05, 0.1) is 0 Å². The topological polar surface area (TPSA) is 24.9 Å². The first-order valence-electron chi connectivity index (χ1n) is 5.58. The van der Waals surface area contributed by atoms with E-state index in [0.717, 1.165) is 6.42 Å². The van der Waals surface area contributed by atoms with E-state index in [0.29, 0.717) is 12.0 Å². The Labute approximate surface area is 91.4 Å². The van der Waals surface area contributed by atoms with Crippen LogP contribution in [0.5, 0.6) is 0 Å². The first-order chi connectivity index (χ1) is 7.36. The Bertz CT molecular complexity index is 346. The minimum atomic E-state index is 0.485. The molecule has 1 aromatic heterocycles. The van der Waals surface area contributed by atoms with Crippen molar-refractivity contribution in [2.45, 2.75) is 31.2 Å². The third-order valence-electron chi connectivity index (χ3n) is 3.28. The normalized spacial score (nSPS) is 21.0. The zero-order valence-electron chi connectivity index (χ0n) is 9.24. The molecule has 15 heavy (non-hydrogen) atoms. The number of nitrogens with one attached hydrogen (secondary N) is 1. The molecule has 2 rings (SSSR count). The average Bonchev–Trinajstić information content (AvgIpc) is 2.70. The highest BCUT2D eigenvalue weighted by molar-refractivity contribution is 5.30. The fourth-order valence-electron chi connectivity index (χ4n) is 2.50. The minimum Gasteiger partial charge on any atom is -0.316 e. The Morgan fingerprint density at radius 1 is 1.73 bits per heavy atom. The van der Waals surface area contributed by atoms with E-state index in [-0.39, 0.29) is 0 Å². The SMILES string of the molecule is C=CCC(NC)C1CCc2cccnc21. The van der Waals surface area contributed by atoms with Crippen LogP contribution in [-0.2, 0) is 6.42 Å². The number of rotatable bonds is 4. The van der Waals surface area contributed by atoms with Gasteiger partial charge in [0.15, 0.2) is 0 Å². The van der Waals surface area contributed by atoms with Gasteiger partial charge < -0.3 is 5.32 Å². The number of aryl methyl sites for hydroxylation is 1. The van der Waals surface area contributed by atoms with Crippen molar-refractivity contribution in [3.8, 4) is 0 Å². The molecule has 1 aromatic rings. The van der Waals surface area contributed by atoms with Crippen molar-refractivity contribution in [1.82, 2.24) is 10.3 Å². The highest BCUT2D eigenvalue weighted by atomic mass is 14.9. The van der Waals surface area contributed by atoms with E-state index in [4.69, 9.17) is 0 Å². The Morgan fingerprint density at radius 2 is 2.60 bits per heavy atom. The molecule has 2 nitrogen and oxygen atoms in total. The fourth-order valence-corrected chi connectivity index (χ4v) is 2.50. The molecule has 0 saturated carbocycles. The predicted molar refractivity (Wildman–Crippen MR) is 63.0 cm³/mol. The van der Waals surface area contributed by atoms with Crippen LogP contribution < -0.4 is 5.32 Å². The lowest BCUT2D eigenvalue weighted by molar-refractivity contribution is 0.456. The predicted octanol–water partition coefficient (Wildman–Crippen LogP) is 2.28. The van der Waals surface area contributed by atoms with Crippen molar-refractivity contribution in [2.24, 2.45) is 0 Å². The summed E-state index contributed by atoms with van der Waals surface area (Å²) in [5.41, 5.74) is 2.71. The maximum absolute atomic E-state index is 4.52. The average molecular weight is 202 g/mol. The van der Waals surface area contributed by atoms with Gasteiger partial charge in [0, 0.05) is 23.9 Å². The number of hydrogen-bond donors (Lipinski definition) is 1. The lowest BCUT2D eigenvalue weighted by atomic mass is 9.94. The summed E-state index contributed by atoms with van der Waals surface area (Å²) < 4.78 is 0. The standard InChI is InChI=1S/C13H18N2/c1-3-5-12(14-2)11-8-7-10-6-4-9-15-13(10)11/h3-4,6,9,11-12,14H,1,5,7-8H2,2H3. The molecule has 0 bridgehead atoms. The molecular weight excluding hydrogens is 184 g/mol. The molecule has 2 heteroatoms. The highest BCUT2D eigenvalue weighted by Crippen LogP contribution is 2.34. The van der Waals surface area contributed by atoms with E-state index in [9.17, 15) is 0 Å². The van der Waals surface area contributed by atoms with Crippen LogP contribution in [0.1, 0.15) is 30.0 Å². The van der Waals surface area contributed by atoms with E-state index in [2.05, 4.69) is 22.9 Å². The van der Waals surface area contributed by atoms with Crippen LogP contribution in [0.3, 0.4) is 0 Å². The van der Waals surface area contributed by atoms with Crippen LogP contribution in [0.2, 0.25) is 0 Å². The molecule has 80 valence electrons.